The molecule has 1 amide bonds. The number of rotatable bonds is 6. The van der Waals surface area contributed by atoms with Gasteiger partial charge in [0.2, 0.25) is 5.91 Å². The predicted octanol–water partition coefficient (Wildman–Crippen LogP) is 3.61. The molecule has 0 saturated heterocycles. The van der Waals surface area contributed by atoms with Crippen molar-refractivity contribution in [3.8, 4) is 0 Å². The number of nitrogens with zero attached hydrogens (tertiary/aromatic N) is 3. The molecule has 0 bridgehead atoms. The molecule has 0 spiro atoms. The number of hydrogen-bond acceptors (Lipinski definition) is 3. The Hall–Kier alpha value is -2.40. The molecule has 1 aromatic heterocycles. The maximum Gasteiger partial charge on any atom is 0.223 e. The summed E-state index contributed by atoms with van der Waals surface area (Å²) in [6, 6.07) is 12.7. The largest absolute Gasteiger partial charge is 0.350 e. The minimum Gasteiger partial charge on any atom is -0.350 e. The Morgan fingerprint density at radius 1 is 1.21 bits per heavy atom. The van der Waals surface area contributed by atoms with Gasteiger partial charge in [0.25, 0.3) is 0 Å². The summed E-state index contributed by atoms with van der Waals surface area (Å²) < 4.78 is 2.13. The quantitative estimate of drug-likeness (QED) is 0.835. The molecule has 2 aliphatic rings. The highest BCUT2D eigenvalue weighted by Crippen LogP contribution is 2.26. The van der Waals surface area contributed by atoms with E-state index in [9.17, 15) is 4.79 Å². The van der Waals surface area contributed by atoms with Crippen LogP contribution >= 0.6 is 0 Å². The molecule has 1 aliphatic carbocycles. The van der Waals surface area contributed by atoms with Gasteiger partial charge < -0.3 is 5.32 Å². The molecule has 1 saturated carbocycles. The Balaban J connectivity index is 1.35. The first kappa shape index (κ1) is 18.9. The van der Waals surface area contributed by atoms with Crippen LogP contribution in [0.2, 0.25) is 0 Å². The number of carbonyl (C=O) groups excluding carboxylic acids is 1. The third-order valence-corrected chi connectivity index (χ3v) is 5.75. The second-order valence-corrected chi connectivity index (χ2v) is 8.16. The van der Waals surface area contributed by atoms with Crippen LogP contribution in [-0.4, -0.2) is 33.7 Å². The van der Waals surface area contributed by atoms with E-state index in [1.165, 1.54) is 23.3 Å². The average Bonchev–Trinajstić information content (AvgIpc) is 2.91. The molecule has 0 atom stereocenters. The Morgan fingerprint density at radius 3 is 2.79 bits per heavy atom. The lowest BCUT2D eigenvalue weighted by molar-refractivity contribution is -0.127. The van der Waals surface area contributed by atoms with Crippen LogP contribution in [0.5, 0.6) is 0 Å². The molecular weight excluding hydrogens is 348 g/mol. The van der Waals surface area contributed by atoms with Crippen LogP contribution in [0.25, 0.3) is 6.08 Å². The normalized spacial score (nSPS) is 18.2. The summed E-state index contributed by atoms with van der Waals surface area (Å²) >= 11 is 0. The van der Waals surface area contributed by atoms with E-state index in [0.717, 1.165) is 51.1 Å². The Kier molecular flexibility index (Phi) is 5.91. The van der Waals surface area contributed by atoms with Crippen molar-refractivity contribution >= 4 is 12.0 Å². The molecule has 148 valence electrons. The van der Waals surface area contributed by atoms with Gasteiger partial charge in [-0.1, -0.05) is 48.4 Å². The number of nitrogens with one attached hydrogen (secondary N) is 1. The van der Waals surface area contributed by atoms with Gasteiger partial charge >= 0.3 is 0 Å². The second-order valence-electron chi connectivity index (χ2n) is 8.16. The van der Waals surface area contributed by atoms with Gasteiger partial charge in [-0.25, -0.2) is 0 Å². The van der Waals surface area contributed by atoms with Crippen molar-refractivity contribution < 1.29 is 4.79 Å². The van der Waals surface area contributed by atoms with Crippen molar-refractivity contribution in [3.63, 3.8) is 0 Å². The lowest BCUT2D eigenvalue weighted by atomic mass is 9.85. The molecule has 2 heterocycles. The number of amides is 1. The fraction of sp³-hybridized carbons (Fsp3) is 0.478. The number of benzene rings is 1. The van der Waals surface area contributed by atoms with E-state index in [1.807, 2.05) is 0 Å². The molecule has 5 heteroatoms. The monoisotopic (exact) mass is 378 g/mol. The van der Waals surface area contributed by atoms with E-state index < -0.39 is 0 Å². The second kappa shape index (κ2) is 8.74. The number of carbonyl (C=O) groups is 1. The summed E-state index contributed by atoms with van der Waals surface area (Å²) in [5.41, 5.74) is 4.84. The van der Waals surface area contributed by atoms with Gasteiger partial charge in [-0.3, -0.25) is 14.4 Å². The maximum absolute atomic E-state index is 12.1. The molecule has 0 radical (unpaired) electrons. The van der Waals surface area contributed by atoms with Gasteiger partial charge in [-0.2, -0.15) is 5.10 Å². The van der Waals surface area contributed by atoms with Gasteiger partial charge in [0.05, 0.1) is 17.9 Å². The lowest BCUT2D eigenvalue weighted by Gasteiger charge is -2.23. The van der Waals surface area contributed by atoms with Gasteiger partial charge in [0, 0.05) is 32.1 Å². The number of fused-ring (bicyclic) bond motifs is 1. The van der Waals surface area contributed by atoms with Crippen molar-refractivity contribution in [3.05, 3.63) is 58.9 Å². The van der Waals surface area contributed by atoms with Crippen LogP contribution in [0.4, 0.5) is 0 Å². The van der Waals surface area contributed by atoms with Crippen LogP contribution in [0, 0.1) is 5.92 Å². The first-order chi connectivity index (χ1) is 13.7. The number of aryl methyl sites for hydroxylation is 1. The molecule has 4 rings (SSSR count). The highest BCUT2D eigenvalue weighted by atomic mass is 16.1. The van der Waals surface area contributed by atoms with Crippen LogP contribution in [-0.2, 0) is 24.4 Å². The summed E-state index contributed by atoms with van der Waals surface area (Å²) in [6.07, 6.45) is 6.63. The van der Waals surface area contributed by atoms with E-state index in [-0.39, 0.29) is 11.8 Å². The Labute approximate surface area is 167 Å². The van der Waals surface area contributed by atoms with E-state index in [0.29, 0.717) is 6.54 Å². The minimum atomic E-state index is 0.192. The SMILES string of the molecule is C/C(=C\c1ccccc1)CN1CCCn2nc(CNC(=O)C3CCC3)cc2C1. The van der Waals surface area contributed by atoms with Crippen molar-refractivity contribution in [2.75, 3.05) is 13.1 Å². The molecule has 28 heavy (non-hydrogen) atoms. The van der Waals surface area contributed by atoms with Crippen molar-refractivity contribution in [2.45, 2.75) is 52.2 Å². The smallest absolute Gasteiger partial charge is 0.223 e. The zero-order chi connectivity index (χ0) is 19.3. The predicted molar refractivity (Wildman–Crippen MR) is 111 cm³/mol. The first-order valence-electron chi connectivity index (χ1n) is 10.5. The number of hydrogen-bond donors (Lipinski definition) is 1. The molecule has 1 aliphatic heterocycles. The highest BCUT2D eigenvalue weighted by molar-refractivity contribution is 5.79. The first-order valence-corrected chi connectivity index (χ1v) is 10.5. The van der Waals surface area contributed by atoms with E-state index >= 15 is 0 Å². The Bertz CT molecular complexity index is 836. The van der Waals surface area contributed by atoms with Gasteiger partial charge in [0.15, 0.2) is 0 Å². The van der Waals surface area contributed by atoms with Crippen molar-refractivity contribution in [1.82, 2.24) is 20.0 Å². The summed E-state index contributed by atoms with van der Waals surface area (Å²) in [4.78, 5) is 14.6. The van der Waals surface area contributed by atoms with Crippen LogP contribution in [0.1, 0.15) is 49.6 Å². The summed E-state index contributed by atoms with van der Waals surface area (Å²) in [5.74, 6) is 0.424. The molecule has 0 unspecified atom stereocenters. The fourth-order valence-electron chi connectivity index (χ4n) is 4.03. The van der Waals surface area contributed by atoms with Gasteiger partial charge in [-0.05, 0) is 37.8 Å². The van der Waals surface area contributed by atoms with Crippen LogP contribution < -0.4 is 5.32 Å². The minimum absolute atomic E-state index is 0.192. The Morgan fingerprint density at radius 2 is 2.04 bits per heavy atom. The lowest BCUT2D eigenvalue weighted by Crippen LogP contribution is -2.34. The fourth-order valence-corrected chi connectivity index (χ4v) is 4.03. The molecule has 1 N–H and O–H groups in total. The van der Waals surface area contributed by atoms with E-state index in [1.54, 1.807) is 0 Å². The van der Waals surface area contributed by atoms with E-state index in [4.69, 9.17) is 5.10 Å². The van der Waals surface area contributed by atoms with Gasteiger partial charge in [-0.15, -0.1) is 0 Å². The zero-order valence-corrected chi connectivity index (χ0v) is 16.7. The molecule has 5 nitrogen and oxygen atoms in total. The van der Waals surface area contributed by atoms with Crippen LogP contribution in [0.15, 0.2) is 42.0 Å². The zero-order valence-electron chi connectivity index (χ0n) is 16.7. The number of aromatic nitrogens is 2. The van der Waals surface area contributed by atoms with Gasteiger partial charge in [0.1, 0.15) is 0 Å². The van der Waals surface area contributed by atoms with Crippen molar-refractivity contribution in [1.29, 1.82) is 0 Å². The average molecular weight is 379 g/mol. The standard InChI is InChI=1S/C23H30N4O/c1-18(13-19-7-3-2-4-8-19)16-26-11-6-12-27-22(17-26)14-21(25-27)15-24-23(28)20-9-5-10-20/h2-4,7-8,13-14,20H,5-6,9-12,15-17H2,1H3,(H,24,28)/b18-13+. The third kappa shape index (κ3) is 4.71. The molecule has 2 aromatic rings. The van der Waals surface area contributed by atoms with Crippen molar-refractivity contribution in [2.24, 2.45) is 5.92 Å². The third-order valence-electron chi connectivity index (χ3n) is 5.75. The maximum atomic E-state index is 12.1. The molecular formula is C23H30N4O. The highest BCUT2D eigenvalue weighted by Gasteiger charge is 2.25. The van der Waals surface area contributed by atoms with E-state index in [2.05, 4.69) is 64.3 Å². The molecule has 1 aromatic carbocycles. The topological polar surface area (TPSA) is 50.2 Å². The summed E-state index contributed by atoms with van der Waals surface area (Å²) in [6.45, 7) is 6.65. The van der Waals surface area contributed by atoms with Crippen LogP contribution in [0.3, 0.4) is 0 Å². The molecule has 1 fully saturated rings. The summed E-state index contributed by atoms with van der Waals surface area (Å²) in [7, 11) is 0. The summed E-state index contributed by atoms with van der Waals surface area (Å²) in [5, 5.41) is 7.79.